The zero-order valence-corrected chi connectivity index (χ0v) is 13.7. The van der Waals surface area contributed by atoms with Gasteiger partial charge in [0.2, 0.25) is 8.32 Å². The van der Waals surface area contributed by atoms with Crippen LogP contribution in [0.3, 0.4) is 0 Å². The number of benzene rings is 1. The van der Waals surface area contributed by atoms with Gasteiger partial charge in [0.05, 0.1) is 0 Å². The van der Waals surface area contributed by atoms with Gasteiger partial charge in [-0.1, -0.05) is 18.2 Å². The van der Waals surface area contributed by atoms with Gasteiger partial charge in [0.15, 0.2) is 14.1 Å². The molecule has 0 bridgehead atoms. The van der Waals surface area contributed by atoms with Gasteiger partial charge in [-0.05, 0) is 51.4 Å². The Morgan fingerprint density at radius 2 is 1.47 bits per heavy atom. The Kier molecular flexibility index (Phi) is 4.33. The highest BCUT2D eigenvalue weighted by Gasteiger charge is 2.22. The maximum absolute atomic E-state index is 6.12. The number of hydrogen-bond acceptors (Lipinski definition) is 2. The van der Waals surface area contributed by atoms with Crippen LogP contribution in [-0.4, -0.2) is 22.5 Å². The van der Waals surface area contributed by atoms with Crippen LogP contribution in [0.25, 0.3) is 0 Å². The first-order chi connectivity index (χ1) is 7.67. The standard InChI is InChI=1S/C13H23NOSi2/c1-16(2,3)14-13(15-17(4,5)6)12-10-8-7-9-11-12/h7-11H,1-6H3/b14-13+. The molecule has 0 saturated carbocycles. The van der Waals surface area contributed by atoms with Crippen molar-refractivity contribution >= 4 is 22.5 Å². The first kappa shape index (κ1) is 14.2. The Morgan fingerprint density at radius 1 is 0.941 bits per heavy atom. The fourth-order valence-corrected chi connectivity index (χ4v) is 2.94. The Bertz CT molecular complexity index is 388. The summed E-state index contributed by atoms with van der Waals surface area (Å²) in [5.74, 6) is 0.837. The smallest absolute Gasteiger partial charge is 0.244 e. The summed E-state index contributed by atoms with van der Waals surface area (Å²) in [4.78, 5) is 0. The fourth-order valence-electron chi connectivity index (χ4n) is 1.32. The van der Waals surface area contributed by atoms with Crippen LogP contribution >= 0.6 is 0 Å². The molecule has 0 amide bonds. The minimum absolute atomic E-state index is 0.837. The molecule has 94 valence electrons. The Balaban J connectivity index is 3.09. The number of nitrogens with zero attached hydrogens (tertiary/aromatic N) is 1. The van der Waals surface area contributed by atoms with Crippen LogP contribution in [0.5, 0.6) is 0 Å². The van der Waals surface area contributed by atoms with Gasteiger partial charge < -0.3 is 4.43 Å². The molecule has 0 aromatic heterocycles. The van der Waals surface area contributed by atoms with Crippen molar-refractivity contribution < 1.29 is 4.43 Å². The molecule has 0 aliphatic rings. The lowest BCUT2D eigenvalue weighted by Gasteiger charge is -2.23. The van der Waals surface area contributed by atoms with E-state index in [0.29, 0.717) is 0 Å². The molecule has 0 aliphatic carbocycles. The first-order valence-corrected chi connectivity index (χ1v) is 12.9. The van der Waals surface area contributed by atoms with Crippen LogP contribution in [-0.2, 0) is 4.43 Å². The van der Waals surface area contributed by atoms with Gasteiger partial charge in [-0.3, -0.25) is 4.66 Å². The van der Waals surface area contributed by atoms with E-state index in [1.165, 1.54) is 0 Å². The van der Waals surface area contributed by atoms with Crippen molar-refractivity contribution in [3.8, 4) is 0 Å². The van der Waals surface area contributed by atoms with E-state index in [-0.39, 0.29) is 0 Å². The molecule has 0 radical (unpaired) electrons. The van der Waals surface area contributed by atoms with Crippen molar-refractivity contribution in [3.63, 3.8) is 0 Å². The lowest BCUT2D eigenvalue weighted by molar-refractivity contribution is 0.555. The molecule has 0 aliphatic heterocycles. The lowest BCUT2D eigenvalue weighted by atomic mass is 10.2. The van der Waals surface area contributed by atoms with Gasteiger partial charge in [-0.15, -0.1) is 0 Å². The number of hydrogen-bond donors (Lipinski definition) is 0. The maximum Gasteiger partial charge on any atom is 0.244 e. The molecule has 17 heavy (non-hydrogen) atoms. The second kappa shape index (κ2) is 5.18. The van der Waals surface area contributed by atoms with Gasteiger partial charge in [-0.25, -0.2) is 0 Å². The SMILES string of the molecule is C[Si](C)(C)/N=C(/O[Si](C)(C)C)c1ccccc1. The highest BCUT2D eigenvalue weighted by Crippen LogP contribution is 2.14. The summed E-state index contributed by atoms with van der Waals surface area (Å²) in [6, 6.07) is 10.2. The van der Waals surface area contributed by atoms with E-state index in [0.717, 1.165) is 11.5 Å². The third-order valence-electron chi connectivity index (χ3n) is 1.86. The fraction of sp³-hybridized carbons (Fsp3) is 0.462. The van der Waals surface area contributed by atoms with Crippen molar-refractivity contribution in [2.24, 2.45) is 4.66 Å². The highest BCUT2D eigenvalue weighted by molar-refractivity contribution is 6.76. The van der Waals surface area contributed by atoms with E-state index in [1.807, 2.05) is 18.2 Å². The van der Waals surface area contributed by atoms with E-state index < -0.39 is 16.6 Å². The summed E-state index contributed by atoms with van der Waals surface area (Å²) in [7, 11) is -3.13. The molecule has 0 N–H and O–H groups in total. The van der Waals surface area contributed by atoms with E-state index in [2.05, 4.69) is 51.4 Å². The average molecular weight is 266 g/mol. The molecule has 0 fully saturated rings. The Hall–Kier alpha value is -0.876. The third kappa shape index (κ3) is 5.84. The zero-order chi connectivity index (χ0) is 13.1. The summed E-state index contributed by atoms with van der Waals surface area (Å²) in [6.45, 7) is 13.2. The van der Waals surface area contributed by atoms with Crippen LogP contribution < -0.4 is 0 Å². The second-order valence-corrected chi connectivity index (χ2v) is 15.2. The van der Waals surface area contributed by atoms with Gasteiger partial charge in [0.25, 0.3) is 0 Å². The Labute approximate surface area is 107 Å². The molecule has 1 rings (SSSR count). The molecular weight excluding hydrogens is 242 g/mol. The largest absolute Gasteiger partial charge is 0.532 e. The van der Waals surface area contributed by atoms with Gasteiger partial charge >= 0.3 is 0 Å². The Morgan fingerprint density at radius 3 is 1.88 bits per heavy atom. The topological polar surface area (TPSA) is 21.6 Å². The normalized spacial score (nSPS) is 13.6. The molecule has 1 aromatic carbocycles. The van der Waals surface area contributed by atoms with Gasteiger partial charge in [0.1, 0.15) is 0 Å². The van der Waals surface area contributed by atoms with Crippen LogP contribution in [0.2, 0.25) is 39.3 Å². The second-order valence-electron chi connectivity index (χ2n) is 6.17. The molecular formula is C13H23NOSi2. The van der Waals surface area contributed by atoms with Crippen molar-refractivity contribution in [1.29, 1.82) is 0 Å². The molecule has 0 unspecified atom stereocenters. The molecule has 0 saturated heterocycles. The molecule has 0 spiro atoms. The molecule has 0 atom stereocenters. The maximum atomic E-state index is 6.12. The third-order valence-corrected chi connectivity index (χ3v) is 3.54. The van der Waals surface area contributed by atoms with E-state index in [4.69, 9.17) is 9.08 Å². The first-order valence-electron chi connectivity index (χ1n) is 6.02. The quantitative estimate of drug-likeness (QED) is 0.458. The minimum atomic E-state index is -1.61. The van der Waals surface area contributed by atoms with Crippen molar-refractivity contribution in [3.05, 3.63) is 35.9 Å². The molecule has 4 heteroatoms. The molecule has 0 heterocycles. The average Bonchev–Trinajstić information content (AvgIpc) is 2.14. The van der Waals surface area contributed by atoms with Gasteiger partial charge in [0, 0.05) is 5.56 Å². The van der Waals surface area contributed by atoms with Crippen molar-refractivity contribution in [2.75, 3.05) is 0 Å². The summed E-state index contributed by atoms with van der Waals surface area (Å²) in [6.07, 6.45) is 0. The highest BCUT2D eigenvalue weighted by atomic mass is 28.4. The predicted octanol–water partition coefficient (Wildman–Crippen LogP) is 4.12. The monoisotopic (exact) mass is 265 g/mol. The summed E-state index contributed by atoms with van der Waals surface area (Å²) < 4.78 is 11.0. The van der Waals surface area contributed by atoms with Crippen molar-refractivity contribution in [1.82, 2.24) is 0 Å². The lowest BCUT2D eigenvalue weighted by Crippen LogP contribution is -2.32. The number of rotatable bonds is 3. The molecule has 1 aromatic rings. The van der Waals surface area contributed by atoms with Crippen LogP contribution in [0, 0.1) is 0 Å². The van der Waals surface area contributed by atoms with E-state index in [1.54, 1.807) is 0 Å². The van der Waals surface area contributed by atoms with Crippen molar-refractivity contribution in [2.45, 2.75) is 39.3 Å². The van der Waals surface area contributed by atoms with E-state index >= 15 is 0 Å². The van der Waals surface area contributed by atoms with E-state index in [9.17, 15) is 0 Å². The predicted molar refractivity (Wildman–Crippen MR) is 80.8 cm³/mol. The van der Waals surface area contributed by atoms with Crippen LogP contribution in [0.15, 0.2) is 35.0 Å². The minimum Gasteiger partial charge on any atom is -0.532 e. The summed E-state index contributed by atoms with van der Waals surface area (Å²) in [5.41, 5.74) is 1.09. The van der Waals surface area contributed by atoms with Crippen LogP contribution in [0.4, 0.5) is 0 Å². The molecule has 2 nitrogen and oxygen atoms in total. The summed E-state index contributed by atoms with van der Waals surface area (Å²) in [5, 5.41) is 0. The van der Waals surface area contributed by atoms with Gasteiger partial charge in [-0.2, -0.15) is 0 Å². The zero-order valence-electron chi connectivity index (χ0n) is 11.7. The summed E-state index contributed by atoms with van der Waals surface area (Å²) >= 11 is 0. The van der Waals surface area contributed by atoms with Crippen LogP contribution in [0.1, 0.15) is 5.56 Å².